The summed E-state index contributed by atoms with van der Waals surface area (Å²) in [5.41, 5.74) is 4.57. The molecule has 0 atom stereocenters. The van der Waals surface area contributed by atoms with Gasteiger partial charge >= 0.3 is 5.97 Å². The number of benzene rings is 2. The van der Waals surface area contributed by atoms with E-state index >= 15 is 0 Å². The third-order valence-corrected chi connectivity index (χ3v) is 3.64. The molecule has 0 aliphatic heterocycles. The Morgan fingerprint density at radius 2 is 1.96 bits per heavy atom. The number of carbonyl (C=O) groups is 1. The molecule has 0 spiro atoms. The third kappa shape index (κ3) is 5.29. The fourth-order valence-corrected chi connectivity index (χ4v) is 2.46. The number of aliphatic carboxylic acids is 1. The Balaban J connectivity index is 2.05. The van der Waals surface area contributed by atoms with Gasteiger partial charge in [0.05, 0.1) is 32.0 Å². The molecular weight excluding hydrogens is 360 g/mol. The molecule has 138 valence electrons. The maximum atomic E-state index is 10.6. The molecule has 0 aliphatic carbocycles. The molecule has 0 heterocycles. The molecule has 0 amide bonds. The number of nitrogens with one attached hydrogen (secondary N) is 1. The van der Waals surface area contributed by atoms with E-state index in [4.69, 9.17) is 30.9 Å². The van der Waals surface area contributed by atoms with Crippen LogP contribution >= 0.6 is 11.6 Å². The molecule has 0 aliphatic rings. The van der Waals surface area contributed by atoms with Gasteiger partial charge in [-0.3, -0.25) is 0 Å². The Hall–Kier alpha value is -2.93. The summed E-state index contributed by atoms with van der Waals surface area (Å²) in [5, 5.41) is 13.1. The second-order valence-corrected chi connectivity index (χ2v) is 5.53. The smallest absolute Gasteiger partial charge is 0.341 e. The first-order valence-corrected chi connectivity index (χ1v) is 8.03. The normalized spacial score (nSPS) is 10.6. The van der Waals surface area contributed by atoms with Crippen molar-refractivity contribution in [3.63, 3.8) is 0 Å². The number of carboxylic acid groups (broad SMARTS) is 1. The zero-order valence-electron chi connectivity index (χ0n) is 14.4. The molecule has 2 rings (SSSR count). The number of rotatable bonds is 9. The van der Waals surface area contributed by atoms with Crippen LogP contribution in [0.25, 0.3) is 0 Å². The van der Waals surface area contributed by atoms with Gasteiger partial charge in [-0.05, 0) is 23.8 Å². The minimum atomic E-state index is -1.10. The summed E-state index contributed by atoms with van der Waals surface area (Å²) in [6, 6.07) is 10.9. The van der Waals surface area contributed by atoms with Crippen molar-refractivity contribution in [2.75, 3.05) is 20.8 Å². The van der Waals surface area contributed by atoms with Gasteiger partial charge < -0.3 is 24.7 Å². The lowest BCUT2D eigenvalue weighted by atomic mass is 10.2. The van der Waals surface area contributed by atoms with E-state index in [9.17, 15) is 4.79 Å². The van der Waals surface area contributed by atoms with E-state index in [1.807, 2.05) is 24.3 Å². The van der Waals surface area contributed by atoms with Crippen molar-refractivity contribution in [2.45, 2.75) is 6.54 Å². The number of carboxylic acids is 1. The standard InChI is InChI=1S/C18H19ClN2O5/c1-24-15-6-4-3-5-13(15)10-21-20-9-12-7-14(19)18(16(8-12)25-2)26-11-17(22)23/h3-9,21H,10-11H2,1-2H3,(H,22,23)/b20-9+. The molecule has 0 saturated carbocycles. The molecule has 0 radical (unpaired) electrons. The van der Waals surface area contributed by atoms with Crippen LogP contribution < -0.4 is 19.6 Å². The van der Waals surface area contributed by atoms with Gasteiger partial charge in [0.1, 0.15) is 5.75 Å². The molecule has 0 unspecified atom stereocenters. The summed E-state index contributed by atoms with van der Waals surface area (Å²) in [7, 11) is 3.06. The number of hydrogen-bond donors (Lipinski definition) is 2. The van der Waals surface area contributed by atoms with Crippen LogP contribution in [0, 0.1) is 0 Å². The van der Waals surface area contributed by atoms with Crippen molar-refractivity contribution in [1.82, 2.24) is 5.43 Å². The van der Waals surface area contributed by atoms with Crippen LogP contribution in [0.5, 0.6) is 17.2 Å². The summed E-state index contributed by atoms with van der Waals surface area (Å²) in [5.74, 6) is 0.176. The Morgan fingerprint density at radius 3 is 2.65 bits per heavy atom. The summed E-state index contributed by atoms with van der Waals surface area (Å²) in [4.78, 5) is 10.6. The van der Waals surface area contributed by atoms with Crippen molar-refractivity contribution in [1.29, 1.82) is 0 Å². The Labute approximate surface area is 156 Å². The van der Waals surface area contributed by atoms with E-state index in [1.54, 1.807) is 25.5 Å². The molecule has 2 N–H and O–H groups in total. The van der Waals surface area contributed by atoms with Crippen molar-refractivity contribution in [3.05, 3.63) is 52.5 Å². The molecule has 2 aromatic rings. The van der Waals surface area contributed by atoms with Crippen LogP contribution in [0.2, 0.25) is 5.02 Å². The highest BCUT2D eigenvalue weighted by Crippen LogP contribution is 2.36. The first kappa shape index (κ1) is 19.4. The first-order chi connectivity index (χ1) is 12.5. The maximum Gasteiger partial charge on any atom is 0.341 e. The Bertz CT molecular complexity index is 795. The van der Waals surface area contributed by atoms with E-state index in [2.05, 4.69) is 10.5 Å². The average molecular weight is 379 g/mol. The second-order valence-electron chi connectivity index (χ2n) is 5.12. The fourth-order valence-electron chi connectivity index (χ4n) is 2.19. The molecule has 7 nitrogen and oxygen atoms in total. The zero-order chi connectivity index (χ0) is 18.9. The molecule has 0 saturated heterocycles. The predicted molar refractivity (Wildman–Crippen MR) is 98.6 cm³/mol. The lowest BCUT2D eigenvalue weighted by molar-refractivity contribution is -0.139. The van der Waals surface area contributed by atoms with Crippen molar-refractivity contribution in [2.24, 2.45) is 5.10 Å². The van der Waals surface area contributed by atoms with E-state index in [1.165, 1.54) is 7.11 Å². The monoisotopic (exact) mass is 378 g/mol. The summed E-state index contributed by atoms with van der Waals surface area (Å²) < 4.78 is 15.6. The summed E-state index contributed by atoms with van der Waals surface area (Å²) >= 11 is 6.15. The van der Waals surface area contributed by atoms with Crippen LogP contribution in [-0.2, 0) is 11.3 Å². The van der Waals surface area contributed by atoms with Crippen molar-refractivity contribution >= 4 is 23.8 Å². The van der Waals surface area contributed by atoms with Crippen LogP contribution in [0.1, 0.15) is 11.1 Å². The highest BCUT2D eigenvalue weighted by Gasteiger charge is 2.13. The molecule has 8 heteroatoms. The SMILES string of the molecule is COc1ccccc1CN/N=C/c1cc(Cl)c(OCC(=O)O)c(OC)c1. The van der Waals surface area contributed by atoms with Gasteiger partial charge in [-0.2, -0.15) is 5.10 Å². The average Bonchev–Trinajstić information content (AvgIpc) is 2.64. The largest absolute Gasteiger partial charge is 0.496 e. The molecular formula is C18H19ClN2O5. The van der Waals surface area contributed by atoms with Crippen LogP contribution in [0.4, 0.5) is 0 Å². The highest BCUT2D eigenvalue weighted by atomic mass is 35.5. The molecule has 0 fully saturated rings. The minimum absolute atomic E-state index is 0.177. The minimum Gasteiger partial charge on any atom is -0.496 e. The van der Waals surface area contributed by atoms with Crippen molar-refractivity contribution in [3.8, 4) is 17.2 Å². The van der Waals surface area contributed by atoms with E-state index < -0.39 is 12.6 Å². The van der Waals surface area contributed by atoms with Gasteiger partial charge in [0, 0.05) is 5.56 Å². The maximum absolute atomic E-state index is 10.6. The van der Waals surface area contributed by atoms with Crippen LogP contribution in [0.15, 0.2) is 41.5 Å². The van der Waals surface area contributed by atoms with Crippen LogP contribution in [0.3, 0.4) is 0 Å². The number of hydrogen-bond acceptors (Lipinski definition) is 6. The predicted octanol–water partition coefficient (Wildman–Crippen LogP) is 2.94. The second kappa shape index (κ2) is 9.53. The van der Waals surface area contributed by atoms with Gasteiger partial charge in [-0.25, -0.2) is 4.79 Å². The summed E-state index contributed by atoms with van der Waals surface area (Å²) in [6.07, 6.45) is 1.57. The van der Waals surface area contributed by atoms with E-state index in [-0.39, 0.29) is 10.8 Å². The van der Waals surface area contributed by atoms with Gasteiger partial charge in [-0.1, -0.05) is 29.8 Å². The van der Waals surface area contributed by atoms with Gasteiger partial charge in [0.2, 0.25) is 0 Å². The third-order valence-electron chi connectivity index (χ3n) is 3.36. The van der Waals surface area contributed by atoms with Crippen LogP contribution in [-0.4, -0.2) is 38.1 Å². The van der Waals surface area contributed by atoms with Crippen molar-refractivity contribution < 1.29 is 24.1 Å². The topological polar surface area (TPSA) is 89.4 Å². The first-order valence-electron chi connectivity index (χ1n) is 7.65. The lowest BCUT2D eigenvalue weighted by Crippen LogP contribution is -2.10. The Kier molecular flexibility index (Phi) is 7.11. The number of para-hydroxylation sites is 1. The fraction of sp³-hybridized carbons (Fsp3) is 0.222. The number of ether oxygens (including phenoxy) is 3. The molecule has 0 aromatic heterocycles. The molecule has 26 heavy (non-hydrogen) atoms. The number of halogens is 1. The Morgan fingerprint density at radius 1 is 1.23 bits per heavy atom. The lowest BCUT2D eigenvalue weighted by Gasteiger charge is -2.12. The van der Waals surface area contributed by atoms with E-state index in [0.717, 1.165) is 11.3 Å². The number of nitrogens with zero attached hydrogens (tertiary/aromatic N) is 1. The number of hydrazone groups is 1. The quantitative estimate of drug-likeness (QED) is 0.515. The van der Waals surface area contributed by atoms with E-state index in [0.29, 0.717) is 17.9 Å². The molecule has 0 bridgehead atoms. The molecule has 2 aromatic carbocycles. The summed E-state index contributed by atoms with van der Waals surface area (Å²) in [6.45, 7) is -0.0187. The van der Waals surface area contributed by atoms with Gasteiger partial charge in [-0.15, -0.1) is 0 Å². The zero-order valence-corrected chi connectivity index (χ0v) is 15.1. The highest BCUT2D eigenvalue weighted by molar-refractivity contribution is 6.32. The number of methoxy groups -OCH3 is 2. The van der Waals surface area contributed by atoms with Gasteiger partial charge in [0.15, 0.2) is 18.1 Å². The van der Waals surface area contributed by atoms with Gasteiger partial charge in [0.25, 0.3) is 0 Å².